The van der Waals surface area contributed by atoms with E-state index in [-0.39, 0.29) is 5.91 Å². The third-order valence-corrected chi connectivity index (χ3v) is 6.64. The van der Waals surface area contributed by atoms with Crippen molar-refractivity contribution in [2.24, 2.45) is 5.73 Å². The van der Waals surface area contributed by atoms with Gasteiger partial charge in [-0.15, -0.1) is 11.3 Å². The van der Waals surface area contributed by atoms with Crippen molar-refractivity contribution in [1.82, 2.24) is 14.5 Å². The largest absolute Gasteiger partial charge is 0.486 e. The Morgan fingerprint density at radius 3 is 2.88 bits per heavy atom. The van der Waals surface area contributed by atoms with Gasteiger partial charge in [0.2, 0.25) is 5.91 Å². The highest BCUT2D eigenvalue weighted by molar-refractivity contribution is 7.09. The van der Waals surface area contributed by atoms with Crippen LogP contribution in [0.15, 0.2) is 35.7 Å². The fourth-order valence-corrected chi connectivity index (χ4v) is 4.83. The number of halogens is 1. The highest BCUT2D eigenvalue weighted by Gasteiger charge is 2.21. The van der Waals surface area contributed by atoms with Gasteiger partial charge >= 0.3 is 0 Å². The molecule has 1 aliphatic rings. The zero-order valence-electron chi connectivity index (χ0n) is 17.8. The standard InChI is InChI=1S/C23H25ClN4O3S/c1-15-18(23(25)30)12-20(28(15)10-4-9-27-8-3-7-22(27)29)19-14-32-21(26-19)13-31-17-6-2-5-16(24)11-17/h2,5-6,11-12,14H,3-4,7-10,13H2,1H3,(H2,25,30). The summed E-state index contributed by atoms with van der Waals surface area (Å²) in [6, 6.07) is 9.04. The lowest BCUT2D eigenvalue weighted by Crippen LogP contribution is -2.26. The quantitative estimate of drug-likeness (QED) is 0.503. The molecule has 0 unspecified atom stereocenters. The summed E-state index contributed by atoms with van der Waals surface area (Å²) in [6.07, 6.45) is 2.36. The first-order valence-electron chi connectivity index (χ1n) is 10.5. The summed E-state index contributed by atoms with van der Waals surface area (Å²) in [7, 11) is 0. The lowest BCUT2D eigenvalue weighted by molar-refractivity contribution is -0.127. The van der Waals surface area contributed by atoms with Gasteiger partial charge in [0.15, 0.2) is 0 Å². The molecule has 9 heteroatoms. The second-order valence-corrected chi connectivity index (χ2v) is 9.13. The molecule has 1 aliphatic heterocycles. The second-order valence-electron chi connectivity index (χ2n) is 7.75. The second kappa shape index (κ2) is 9.75. The van der Waals surface area contributed by atoms with Crippen LogP contribution >= 0.6 is 22.9 Å². The number of hydrogen-bond acceptors (Lipinski definition) is 5. The average Bonchev–Trinajstić information content (AvgIpc) is 3.47. The van der Waals surface area contributed by atoms with Gasteiger partial charge in [-0.2, -0.15) is 0 Å². The summed E-state index contributed by atoms with van der Waals surface area (Å²) < 4.78 is 7.86. The molecule has 1 fully saturated rings. The Balaban J connectivity index is 1.50. The Hall–Kier alpha value is -2.84. The van der Waals surface area contributed by atoms with Gasteiger partial charge in [0.05, 0.1) is 17.0 Å². The summed E-state index contributed by atoms with van der Waals surface area (Å²) in [5.74, 6) is 0.439. The highest BCUT2D eigenvalue weighted by atomic mass is 35.5. The molecule has 4 rings (SSSR count). The molecule has 3 heterocycles. The number of hydrogen-bond donors (Lipinski definition) is 1. The van der Waals surface area contributed by atoms with Crippen LogP contribution in [-0.2, 0) is 17.9 Å². The van der Waals surface area contributed by atoms with E-state index in [4.69, 9.17) is 27.1 Å². The summed E-state index contributed by atoms with van der Waals surface area (Å²) in [4.78, 5) is 30.4. The Morgan fingerprint density at radius 1 is 1.31 bits per heavy atom. The molecule has 2 N–H and O–H groups in total. The highest BCUT2D eigenvalue weighted by Crippen LogP contribution is 2.28. The topological polar surface area (TPSA) is 90.5 Å². The molecule has 2 amide bonds. The maximum absolute atomic E-state index is 11.9. The van der Waals surface area contributed by atoms with E-state index in [2.05, 4.69) is 4.57 Å². The van der Waals surface area contributed by atoms with Crippen molar-refractivity contribution in [3.8, 4) is 17.1 Å². The molecular formula is C23H25ClN4O3S. The fourth-order valence-electron chi connectivity index (χ4n) is 3.95. The molecule has 0 radical (unpaired) electrons. The molecule has 0 atom stereocenters. The third kappa shape index (κ3) is 4.97. The van der Waals surface area contributed by atoms with Crippen LogP contribution in [-0.4, -0.2) is 39.4 Å². The van der Waals surface area contributed by atoms with E-state index in [0.717, 1.165) is 41.5 Å². The Kier molecular flexibility index (Phi) is 6.81. The Labute approximate surface area is 195 Å². The van der Waals surface area contributed by atoms with E-state index in [1.54, 1.807) is 18.2 Å². The molecule has 3 aromatic rings. The average molecular weight is 473 g/mol. The van der Waals surface area contributed by atoms with Crippen molar-refractivity contribution >= 4 is 34.8 Å². The van der Waals surface area contributed by atoms with Crippen LogP contribution in [0.1, 0.15) is 40.3 Å². The molecule has 168 valence electrons. The van der Waals surface area contributed by atoms with Crippen LogP contribution in [0.2, 0.25) is 5.02 Å². The van der Waals surface area contributed by atoms with Gasteiger partial charge in [0, 0.05) is 42.2 Å². The van der Waals surface area contributed by atoms with Crippen LogP contribution in [0, 0.1) is 6.92 Å². The molecule has 0 bridgehead atoms. The van der Waals surface area contributed by atoms with Gasteiger partial charge in [0.25, 0.3) is 5.91 Å². The smallest absolute Gasteiger partial charge is 0.250 e. The number of nitrogens with two attached hydrogens (primary N) is 1. The molecule has 0 saturated carbocycles. The number of likely N-dealkylation sites (tertiary alicyclic amines) is 1. The monoisotopic (exact) mass is 472 g/mol. The zero-order valence-corrected chi connectivity index (χ0v) is 19.4. The predicted octanol–water partition coefficient (Wildman–Crippen LogP) is 4.26. The van der Waals surface area contributed by atoms with Crippen molar-refractivity contribution in [3.63, 3.8) is 0 Å². The van der Waals surface area contributed by atoms with E-state index < -0.39 is 5.91 Å². The molecule has 0 spiro atoms. The van der Waals surface area contributed by atoms with Crippen LogP contribution in [0.5, 0.6) is 5.75 Å². The SMILES string of the molecule is Cc1c(C(N)=O)cc(-c2csc(COc3cccc(Cl)c3)n2)n1CCCN1CCCC1=O. The van der Waals surface area contributed by atoms with E-state index in [1.807, 2.05) is 29.3 Å². The van der Waals surface area contributed by atoms with E-state index in [0.29, 0.717) is 42.5 Å². The Morgan fingerprint density at radius 2 is 2.16 bits per heavy atom. The number of thiazole rings is 1. The first-order chi connectivity index (χ1) is 15.4. The number of rotatable bonds is 9. The predicted molar refractivity (Wildman–Crippen MR) is 125 cm³/mol. The van der Waals surface area contributed by atoms with Crippen LogP contribution in [0.25, 0.3) is 11.4 Å². The van der Waals surface area contributed by atoms with Gasteiger partial charge in [-0.05, 0) is 44.0 Å². The number of benzene rings is 1. The van der Waals surface area contributed by atoms with E-state index in [1.165, 1.54) is 11.3 Å². The van der Waals surface area contributed by atoms with Crippen molar-refractivity contribution in [2.45, 2.75) is 39.3 Å². The molecular weight excluding hydrogens is 448 g/mol. The maximum Gasteiger partial charge on any atom is 0.250 e. The summed E-state index contributed by atoms with van der Waals surface area (Å²) >= 11 is 7.50. The number of aromatic nitrogens is 2. The molecule has 1 saturated heterocycles. The normalized spacial score (nSPS) is 13.7. The molecule has 1 aromatic carbocycles. The lowest BCUT2D eigenvalue weighted by Gasteiger charge is -2.17. The minimum Gasteiger partial charge on any atom is -0.486 e. The Bertz CT molecular complexity index is 1140. The number of amides is 2. The van der Waals surface area contributed by atoms with Gasteiger partial charge in [-0.1, -0.05) is 17.7 Å². The minimum absolute atomic E-state index is 0.219. The van der Waals surface area contributed by atoms with Crippen molar-refractivity contribution in [3.05, 3.63) is 57.0 Å². The first-order valence-corrected chi connectivity index (χ1v) is 11.8. The van der Waals surface area contributed by atoms with Gasteiger partial charge in [0.1, 0.15) is 17.4 Å². The lowest BCUT2D eigenvalue weighted by atomic mass is 10.2. The number of nitrogens with zero attached hydrogens (tertiary/aromatic N) is 3. The van der Waals surface area contributed by atoms with Gasteiger partial charge in [-0.25, -0.2) is 4.98 Å². The number of carbonyl (C=O) groups is 2. The summed E-state index contributed by atoms with van der Waals surface area (Å²) in [6.45, 7) is 4.41. The van der Waals surface area contributed by atoms with Gasteiger partial charge in [-0.3, -0.25) is 9.59 Å². The van der Waals surface area contributed by atoms with Crippen molar-refractivity contribution in [2.75, 3.05) is 13.1 Å². The van der Waals surface area contributed by atoms with Crippen LogP contribution in [0.4, 0.5) is 0 Å². The number of carbonyl (C=O) groups excluding carboxylic acids is 2. The maximum atomic E-state index is 11.9. The minimum atomic E-state index is -0.461. The summed E-state index contributed by atoms with van der Waals surface area (Å²) in [5.41, 5.74) is 8.51. The summed E-state index contributed by atoms with van der Waals surface area (Å²) in [5, 5.41) is 3.38. The number of ether oxygens (including phenoxy) is 1. The molecule has 7 nitrogen and oxygen atoms in total. The van der Waals surface area contributed by atoms with Gasteiger partial charge < -0.3 is 19.9 Å². The number of primary amides is 1. The molecule has 2 aromatic heterocycles. The first kappa shape index (κ1) is 22.4. The zero-order chi connectivity index (χ0) is 22.7. The van der Waals surface area contributed by atoms with Crippen LogP contribution in [0.3, 0.4) is 0 Å². The van der Waals surface area contributed by atoms with E-state index >= 15 is 0 Å². The van der Waals surface area contributed by atoms with Crippen molar-refractivity contribution < 1.29 is 14.3 Å². The van der Waals surface area contributed by atoms with Crippen molar-refractivity contribution in [1.29, 1.82) is 0 Å². The fraction of sp³-hybridized carbons (Fsp3) is 0.348. The third-order valence-electron chi connectivity index (χ3n) is 5.59. The molecule has 32 heavy (non-hydrogen) atoms. The van der Waals surface area contributed by atoms with E-state index in [9.17, 15) is 9.59 Å². The molecule has 0 aliphatic carbocycles. The van der Waals surface area contributed by atoms with Crippen LogP contribution < -0.4 is 10.5 Å².